The summed E-state index contributed by atoms with van der Waals surface area (Å²) in [6, 6.07) is 13.7. The summed E-state index contributed by atoms with van der Waals surface area (Å²) in [5.41, 5.74) is 1.49. The van der Waals surface area contributed by atoms with Gasteiger partial charge >= 0.3 is 12.1 Å². The first kappa shape index (κ1) is 27.9. The van der Waals surface area contributed by atoms with Crippen LogP contribution in [0.3, 0.4) is 0 Å². The van der Waals surface area contributed by atoms with Gasteiger partial charge in [-0.05, 0) is 42.5 Å². The summed E-state index contributed by atoms with van der Waals surface area (Å²) in [5.74, 6) is -2.48. The fourth-order valence-corrected chi connectivity index (χ4v) is 3.42. The van der Waals surface area contributed by atoms with E-state index in [0.717, 1.165) is 5.56 Å². The molecule has 0 radical (unpaired) electrons. The van der Waals surface area contributed by atoms with Crippen molar-refractivity contribution in [2.24, 2.45) is 5.92 Å². The molecule has 8 nitrogen and oxygen atoms in total. The summed E-state index contributed by atoms with van der Waals surface area (Å²) in [6.45, 7) is 5.44. The molecule has 2 aromatic rings. The summed E-state index contributed by atoms with van der Waals surface area (Å²) >= 11 is 5.93. The minimum absolute atomic E-state index is 0.0248. The van der Waals surface area contributed by atoms with Crippen LogP contribution in [-0.2, 0) is 36.9 Å². The quantitative estimate of drug-likeness (QED) is 0.337. The van der Waals surface area contributed by atoms with Crippen LogP contribution in [0, 0.1) is 5.92 Å². The minimum Gasteiger partial charge on any atom is -0.460 e. The number of amides is 2. The van der Waals surface area contributed by atoms with Crippen molar-refractivity contribution in [1.29, 1.82) is 0 Å². The molecule has 0 saturated carbocycles. The van der Waals surface area contributed by atoms with Gasteiger partial charge in [0, 0.05) is 11.4 Å². The van der Waals surface area contributed by atoms with Crippen LogP contribution >= 0.6 is 11.6 Å². The van der Waals surface area contributed by atoms with E-state index in [-0.39, 0.29) is 25.6 Å². The standard InChI is InChI=1S/C26H31ClN2O6/c1-4-34-25(32)23(30)21(15-18-10-12-20(27)13-11-18)28-24(31)22(14-17(2)3)29-26(33)35-16-19-8-6-5-7-9-19/h5-13,17,21-22H,4,14-16H2,1-3H3,(H,28,31)(H,29,33). The molecule has 35 heavy (non-hydrogen) atoms. The number of ketones is 1. The Hall–Kier alpha value is -3.39. The van der Waals surface area contributed by atoms with Gasteiger partial charge in [0.2, 0.25) is 5.91 Å². The number of Topliss-reactive ketones (excluding diaryl/α,β-unsaturated/α-hetero) is 1. The number of hydrogen-bond donors (Lipinski definition) is 2. The summed E-state index contributed by atoms with van der Waals surface area (Å²) < 4.78 is 10.1. The Balaban J connectivity index is 2.12. The fraction of sp³-hybridized carbons (Fsp3) is 0.385. The van der Waals surface area contributed by atoms with Crippen LogP contribution in [0.2, 0.25) is 5.02 Å². The summed E-state index contributed by atoms with van der Waals surface area (Å²) in [6.07, 6.45) is -0.415. The van der Waals surface area contributed by atoms with E-state index in [1.54, 1.807) is 31.2 Å². The van der Waals surface area contributed by atoms with Crippen LogP contribution in [0.5, 0.6) is 0 Å². The van der Waals surface area contributed by atoms with Crippen LogP contribution in [0.1, 0.15) is 38.3 Å². The average molecular weight is 503 g/mol. The Morgan fingerprint density at radius 1 is 0.857 bits per heavy atom. The van der Waals surface area contributed by atoms with E-state index in [4.69, 9.17) is 21.1 Å². The second-order valence-corrected chi connectivity index (χ2v) is 8.80. The van der Waals surface area contributed by atoms with Crippen molar-refractivity contribution >= 4 is 35.4 Å². The van der Waals surface area contributed by atoms with Gasteiger partial charge in [0.05, 0.1) is 6.61 Å². The molecule has 0 aliphatic carbocycles. The second kappa shape index (κ2) is 14.1. The fourth-order valence-electron chi connectivity index (χ4n) is 3.29. The maximum absolute atomic E-state index is 13.1. The van der Waals surface area contributed by atoms with Crippen molar-refractivity contribution < 1.29 is 28.7 Å². The van der Waals surface area contributed by atoms with Crippen molar-refractivity contribution in [3.63, 3.8) is 0 Å². The molecule has 2 aromatic carbocycles. The van der Waals surface area contributed by atoms with Crippen LogP contribution in [-0.4, -0.2) is 42.4 Å². The molecule has 0 heterocycles. The lowest BCUT2D eigenvalue weighted by Crippen LogP contribution is -2.54. The molecule has 0 aliphatic rings. The lowest BCUT2D eigenvalue weighted by molar-refractivity contribution is -0.154. The van der Waals surface area contributed by atoms with Gasteiger partial charge in [0.25, 0.3) is 5.78 Å². The molecular formula is C26H31ClN2O6. The minimum atomic E-state index is -1.18. The van der Waals surface area contributed by atoms with Crippen molar-refractivity contribution in [1.82, 2.24) is 10.6 Å². The molecule has 0 aliphatic heterocycles. The molecule has 9 heteroatoms. The number of hydrogen-bond acceptors (Lipinski definition) is 6. The van der Waals surface area contributed by atoms with Gasteiger partial charge in [-0.2, -0.15) is 0 Å². The Bertz CT molecular complexity index is 995. The Morgan fingerprint density at radius 2 is 1.51 bits per heavy atom. The predicted molar refractivity (Wildman–Crippen MR) is 132 cm³/mol. The third-order valence-corrected chi connectivity index (χ3v) is 5.24. The normalized spacial score (nSPS) is 12.4. The van der Waals surface area contributed by atoms with Crippen LogP contribution in [0.25, 0.3) is 0 Å². The smallest absolute Gasteiger partial charge is 0.408 e. The SMILES string of the molecule is CCOC(=O)C(=O)C(Cc1ccc(Cl)cc1)NC(=O)C(CC(C)C)NC(=O)OCc1ccccc1. The van der Waals surface area contributed by atoms with E-state index < -0.39 is 35.8 Å². The summed E-state index contributed by atoms with van der Waals surface area (Å²) in [7, 11) is 0. The van der Waals surface area contributed by atoms with Gasteiger partial charge < -0.3 is 20.1 Å². The van der Waals surface area contributed by atoms with E-state index in [1.807, 2.05) is 44.2 Å². The number of rotatable bonds is 12. The van der Waals surface area contributed by atoms with Gasteiger partial charge in [0.15, 0.2) is 0 Å². The molecule has 2 amide bonds. The molecule has 188 valence electrons. The van der Waals surface area contributed by atoms with Gasteiger partial charge in [-0.3, -0.25) is 9.59 Å². The van der Waals surface area contributed by atoms with Gasteiger partial charge in [-0.15, -0.1) is 0 Å². The number of carbonyl (C=O) groups excluding carboxylic acids is 4. The lowest BCUT2D eigenvalue weighted by Gasteiger charge is -2.23. The first-order chi connectivity index (χ1) is 16.7. The molecule has 2 atom stereocenters. The Morgan fingerprint density at radius 3 is 2.11 bits per heavy atom. The van der Waals surface area contributed by atoms with Crippen molar-refractivity contribution in [2.75, 3.05) is 6.61 Å². The molecule has 0 fully saturated rings. The molecule has 0 bridgehead atoms. The zero-order valence-corrected chi connectivity index (χ0v) is 20.8. The Labute approximate surface area is 210 Å². The molecule has 2 rings (SSSR count). The van der Waals surface area contributed by atoms with Crippen LogP contribution < -0.4 is 10.6 Å². The highest BCUT2D eigenvalue weighted by Gasteiger charge is 2.31. The summed E-state index contributed by atoms with van der Waals surface area (Å²) in [5, 5.41) is 5.70. The number of alkyl carbamates (subject to hydrolysis) is 1. The van der Waals surface area contributed by atoms with E-state index in [1.165, 1.54) is 0 Å². The van der Waals surface area contributed by atoms with Crippen molar-refractivity contribution in [2.45, 2.75) is 52.3 Å². The molecule has 0 aromatic heterocycles. The largest absolute Gasteiger partial charge is 0.460 e. The maximum atomic E-state index is 13.1. The van der Waals surface area contributed by atoms with E-state index in [0.29, 0.717) is 17.0 Å². The number of nitrogens with one attached hydrogen (secondary N) is 2. The zero-order chi connectivity index (χ0) is 25.8. The van der Waals surface area contributed by atoms with E-state index in [9.17, 15) is 19.2 Å². The predicted octanol–water partition coefficient (Wildman–Crippen LogP) is 3.84. The molecule has 0 saturated heterocycles. The first-order valence-electron chi connectivity index (χ1n) is 11.4. The Kier molecular flexibility index (Phi) is 11.2. The molecule has 2 unspecified atom stereocenters. The molecule has 2 N–H and O–H groups in total. The van der Waals surface area contributed by atoms with E-state index in [2.05, 4.69) is 10.6 Å². The van der Waals surface area contributed by atoms with Gasteiger partial charge in [-0.1, -0.05) is 67.9 Å². The molecule has 0 spiro atoms. The number of ether oxygens (including phenoxy) is 2. The van der Waals surface area contributed by atoms with Crippen molar-refractivity contribution in [3.05, 3.63) is 70.7 Å². The monoisotopic (exact) mass is 502 g/mol. The zero-order valence-electron chi connectivity index (χ0n) is 20.1. The van der Waals surface area contributed by atoms with E-state index >= 15 is 0 Å². The number of esters is 1. The van der Waals surface area contributed by atoms with Crippen LogP contribution in [0.4, 0.5) is 4.79 Å². The average Bonchev–Trinajstić information content (AvgIpc) is 2.83. The topological polar surface area (TPSA) is 111 Å². The maximum Gasteiger partial charge on any atom is 0.408 e. The van der Waals surface area contributed by atoms with Gasteiger partial charge in [0.1, 0.15) is 18.7 Å². The second-order valence-electron chi connectivity index (χ2n) is 8.36. The third-order valence-electron chi connectivity index (χ3n) is 4.99. The number of carbonyl (C=O) groups is 4. The number of benzene rings is 2. The number of halogens is 1. The summed E-state index contributed by atoms with van der Waals surface area (Å²) in [4.78, 5) is 50.4. The first-order valence-corrected chi connectivity index (χ1v) is 11.8. The highest BCUT2D eigenvalue weighted by molar-refractivity contribution is 6.36. The molecular weight excluding hydrogens is 472 g/mol. The van der Waals surface area contributed by atoms with Crippen molar-refractivity contribution in [3.8, 4) is 0 Å². The van der Waals surface area contributed by atoms with Gasteiger partial charge in [-0.25, -0.2) is 9.59 Å². The highest BCUT2D eigenvalue weighted by Crippen LogP contribution is 2.13. The lowest BCUT2D eigenvalue weighted by atomic mass is 9.99. The third kappa shape index (κ3) is 9.78. The van der Waals surface area contributed by atoms with Crippen LogP contribution in [0.15, 0.2) is 54.6 Å². The highest BCUT2D eigenvalue weighted by atomic mass is 35.5.